The Bertz CT molecular complexity index is 451. The molecule has 0 aliphatic rings. The molecule has 3 N–H and O–H groups in total. The molecule has 1 aromatic rings. The maximum atomic E-state index is 12.0. The number of amides is 2. The third-order valence-electron chi connectivity index (χ3n) is 2.93. The second-order valence-electron chi connectivity index (χ2n) is 4.75. The molecule has 1 rings (SSSR count). The van der Waals surface area contributed by atoms with Crippen molar-refractivity contribution < 1.29 is 14.3 Å². The summed E-state index contributed by atoms with van der Waals surface area (Å²) in [5.74, 6) is -0.343. The molecule has 0 saturated heterocycles. The van der Waals surface area contributed by atoms with Crippen LogP contribution >= 0.6 is 0 Å². The van der Waals surface area contributed by atoms with Crippen LogP contribution in [0.5, 0.6) is 0 Å². The first-order valence-corrected chi connectivity index (χ1v) is 6.93. The van der Waals surface area contributed by atoms with Gasteiger partial charge < -0.3 is 15.4 Å². The van der Waals surface area contributed by atoms with Crippen molar-refractivity contribution in [3.05, 3.63) is 30.3 Å². The summed E-state index contributed by atoms with van der Waals surface area (Å²) < 4.78 is 4.86. The quantitative estimate of drug-likeness (QED) is 0.618. The van der Waals surface area contributed by atoms with Gasteiger partial charge in [-0.15, -0.1) is 0 Å². The Hall–Kier alpha value is -1.92. The molecular formula is C15H23N3O3. The number of methoxy groups -OCH3 is 1. The van der Waals surface area contributed by atoms with E-state index in [1.807, 2.05) is 30.3 Å². The summed E-state index contributed by atoms with van der Waals surface area (Å²) in [6.45, 7) is 4.35. The van der Waals surface area contributed by atoms with Crippen LogP contribution < -0.4 is 16.0 Å². The van der Waals surface area contributed by atoms with Gasteiger partial charge in [0, 0.05) is 19.3 Å². The van der Waals surface area contributed by atoms with Gasteiger partial charge in [-0.1, -0.05) is 18.2 Å². The molecule has 2 amide bonds. The molecule has 6 heteroatoms. The first-order valence-electron chi connectivity index (χ1n) is 6.93. The molecule has 0 aliphatic carbocycles. The monoisotopic (exact) mass is 293 g/mol. The predicted octanol–water partition coefficient (Wildman–Crippen LogP) is 0.754. The lowest BCUT2D eigenvalue weighted by Crippen LogP contribution is -2.50. The highest BCUT2D eigenvalue weighted by molar-refractivity contribution is 5.95. The van der Waals surface area contributed by atoms with E-state index < -0.39 is 12.1 Å². The third kappa shape index (κ3) is 6.37. The number of para-hydroxylation sites is 1. The average molecular weight is 293 g/mol. The van der Waals surface area contributed by atoms with Crippen molar-refractivity contribution in [2.75, 3.05) is 25.6 Å². The maximum absolute atomic E-state index is 12.0. The standard InChI is InChI=1S/C15H23N3O3/c1-11(14(19)16-9-10-21-3)17-12(2)15(20)18-13-7-5-4-6-8-13/h4-8,11-12,17H,9-10H2,1-3H3,(H,16,19)(H,18,20). The lowest BCUT2D eigenvalue weighted by Gasteiger charge is -2.19. The molecule has 2 atom stereocenters. The molecule has 0 fully saturated rings. The molecule has 116 valence electrons. The van der Waals surface area contributed by atoms with E-state index in [2.05, 4.69) is 16.0 Å². The number of benzene rings is 1. The highest BCUT2D eigenvalue weighted by atomic mass is 16.5. The maximum Gasteiger partial charge on any atom is 0.241 e. The molecule has 1 aromatic carbocycles. The molecule has 0 aromatic heterocycles. The molecule has 0 spiro atoms. The number of carbonyl (C=O) groups excluding carboxylic acids is 2. The van der Waals surface area contributed by atoms with Gasteiger partial charge in [-0.05, 0) is 26.0 Å². The molecule has 0 radical (unpaired) electrons. The molecule has 21 heavy (non-hydrogen) atoms. The molecule has 0 aliphatic heterocycles. The van der Waals surface area contributed by atoms with Crippen LogP contribution in [-0.4, -0.2) is 44.2 Å². The van der Waals surface area contributed by atoms with Crippen molar-refractivity contribution in [1.82, 2.24) is 10.6 Å². The van der Waals surface area contributed by atoms with Gasteiger partial charge in [-0.25, -0.2) is 0 Å². The Morgan fingerprint density at radius 3 is 2.33 bits per heavy atom. The van der Waals surface area contributed by atoms with Crippen molar-refractivity contribution in [3.63, 3.8) is 0 Å². The van der Waals surface area contributed by atoms with Gasteiger partial charge in [-0.2, -0.15) is 0 Å². The summed E-state index contributed by atoms with van der Waals surface area (Å²) in [5, 5.41) is 8.47. The van der Waals surface area contributed by atoms with Crippen molar-refractivity contribution in [2.24, 2.45) is 0 Å². The molecule has 2 unspecified atom stereocenters. The zero-order valence-electron chi connectivity index (χ0n) is 12.7. The topological polar surface area (TPSA) is 79.5 Å². The van der Waals surface area contributed by atoms with Crippen LogP contribution in [-0.2, 0) is 14.3 Å². The van der Waals surface area contributed by atoms with Crippen molar-refractivity contribution in [1.29, 1.82) is 0 Å². The van der Waals surface area contributed by atoms with E-state index in [0.717, 1.165) is 5.69 Å². The molecular weight excluding hydrogens is 270 g/mol. The van der Waals surface area contributed by atoms with Gasteiger partial charge in [0.2, 0.25) is 11.8 Å². The van der Waals surface area contributed by atoms with Crippen LogP contribution in [0.25, 0.3) is 0 Å². The Kier molecular flexibility index (Phi) is 7.42. The summed E-state index contributed by atoms with van der Waals surface area (Å²) in [7, 11) is 1.57. The Morgan fingerprint density at radius 2 is 1.71 bits per heavy atom. The second kappa shape index (κ2) is 9.10. The number of carbonyl (C=O) groups is 2. The number of nitrogens with one attached hydrogen (secondary N) is 3. The van der Waals surface area contributed by atoms with Gasteiger partial charge in [0.15, 0.2) is 0 Å². The van der Waals surface area contributed by atoms with Gasteiger partial charge >= 0.3 is 0 Å². The zero-order valence-corrected chi connectivity index (χ0v) is 12.7. The van der Waals surface area contributed by atoms with Crippen LogP contribution in [0.15, 0.2) is 30.3 Å². The van der Waals surface area contributed by atoms with E-state index in [4.69, 9.17) is 4.74 Å². The highest BCUT2D eigenvalue weighted by Gasteiger charge is 2.19. The molecule has 0 bridgehead atoms. The summed E-state index contributed by atoms with van der Waals surface area (Å²) in [4.78, 5) is 23.8. The third-order valence-corrected chi connectivity index (χ3v) is 2.93. The zero-order chi connectivity index (χ0) is 15.7. The number of hydrogen-bond donors (Lipinski definition) is 3. The lowest BCUT2D eigenvalue weighted by molar-refractivity contribution is -0.123. The minimum atomic E-state index is -0.478. The smallest absolute Gasteiger partial charge is 0.241 e. The van der Waals surface area contributed by atoms with E-state index in [1.165, 1.54) is 0 Å². The average Bonchev–Trinajstić information content (AvgIpc) is 2.48. The Labute approximate surface area is 125 Å². The lowest BCUT2D eigenvalue weighted by atomic mass is 10.2. The van der Waals surface area contributed by atoms with E-state index in [1.54, 1.807) is 21.0 Å². The van der Waals surface area contributed by atoms with Crippen LogP contribution in [0.1, 0.15) is 13.8 Å². The van der Waals surface area contributed by atoms with Crippen LogP contribution in [0.2, 0.25) is 0 Å². The minimum absolute atomic E-state index is 0.161. The summed E-state index contributed by atoms with van der Waals surface area (Å²) in [6, 6.07) is 8.26. The molecule has 0 saturated carbocycles. The minimum Gasteiger partial charge on any atom is -0.383 e. The van der Waals surface area contributed by atoms with Crippen molar-refractivity contribution in [3.8, 4) is 0 Å². The summed E-state index contributed by atoms with van der Waals surface area (Å²) in [5.41, 5.74) is 0.730. The van der Waals surface area contributed by atoms with E-state index >= 15 is 0 Å². The number of rotatable bonds is 8. The largest absolute Gasteiger partial charge is 0.383 e. The Balaban J connectivity index is 2.39. The normalized spacial score (nSPS) is 13.3. The fourth-order valence-electron chi connectivity index (χ4n) is 1.73. The highest BCUT2D eigenvalue weighted by Crippen LogP contribution is 2.05. The number of ether oxygens (including phenoxy) is 1. The SMILES string of the molecule is COCCNC(=O)C(C)NC(C)C(=O)Nc1ccccc1. The first kappa shape index (κ1) is 17.1. The van der Waals surface area contributed by atoms with Gasteiger partial charge in [-0.3, -0.25) is 14.9 Å². The van der Waals surface area contributed by atoms with Crippen molar-refractivity contribution >= 4 is 17.5 Å². The summed E-state index contributed by atoms with van der Waals surface area (Å²) >= 11 is 0. The van der Waals surface area contributed by atoms with Crippen LogP contribution in [0, 0.1) is 0 Å². The summed E-state index contributed by atoms with van der Waals surface area (Å²) in [6.07, 6.45) is 0. The van der Waals surface area contributed by atoms with Gasteiger partial charge in [0.05, 0.1) is 18.7 Å². The van der Waals surface area contributed by atoms with Gasteiger partial charge in [0.25, 0.3) is 0 Å². The van der Waals surface area contributed by atoms with Gasteiger partial charge in [0.1, 0.15) is 0 Å². The van der Waals surface area contributed by atoms with E-state index in [0.29, 0.717) is 13.2 Å². The predicted molar refractivity (Wildman–Crippen MR) is 82.0 cm³/mol. The van der Waals surface area contributed by atoms with Crippen molar-refractivity contribution in [2.45, 2.75) is 25.9 Å². The first-order chi connectivity index (χ1) is 10.0. The second-order valence-corrected chi connectivity index (χ2v) is 4.75. The fourth-order valence-corrected chi connectivity index (χ4v) is 1.73. The van der Waals surface area contributed by atoms with E-state index in [-0.39, 0.29) is 11.8 Å². The Morgan fingerprint density at radius 1 is 1.10 bits per heavy atom. The number of hydrogen-bond acceptors (Lipinski definition) is 4. The van der Waals surface area contributed by atoms with Crippen LogP contribution in [0.3, 0.4) is 0 Å². The fraction of sp³-hybridized carbons (Fsp3) is 0.467. The molecule has 6 nitrogen and oxygen atoms in total. The molecule has 0 heterocycles. The van der Waals surface area contributed by atoms with Crippen LogP contribution in [0.4, 0.5) is 5.69 Å². The van der Waals surface area contributed by atoms with E-state index in [9.17, 15) is 9.59 Å². The number of anilines is 1.